The Bertz CT molecular complexity index is 563. The number of aliphatic carboxylic acids is 1. The molecule has 0 amide bonds. The van der Waals surface area contributed by atoms with Gasteiger partial charge in [-0.15, -0.1) is 11.3 Å². The van der Waals surface area contributed by atoms with Crippen LogP contribution in [0.2, 0.25) is 0 Å². The minimum Gasteiger partial charge on any atom is -0.480 e. The number of carboxylic acids is 1. The molecule has 0 aliphatic heterocycles. The minimum absolute atomic E-state index is 0.624. The lowest BCUT2D eigenvalue weighted by Crippen LogP contribution is -2.27. The monoisotopic (exact) mass is 250 g/mol. The highest BCUT2D eigenvalue weighted by Gasteiger charge is 2.22. The molecule has 4 nitrogen and oxygen atoms in total. The molecule has 1 heterocycles. The van der Waals surface area contributed by atoms with Crippen molar-refractivity contribution in [3.63, 3.8) is 0 Å². The molecule has 90 valence electrons. The molecule has 1 aromatic heterocycles. The third kappa shape index (κ3) is 2.30. The molecular formula is C12H14N2O2S. The number of hydrogen-bond acceptors (Lipinski definition) is 4. The fraction of sp³-hybridized carbons (Fsp3) is 0.333. The molecule has 1 atom stereocenters. The lowest BCUT2D eigenvalue weighted by molar-refractivity contribution is -0.142. The summed E-state index contributed by atoms with van der Waals surface area (Å²) in [4.78, 5) is 17.3. The Balaban J connectivity index is 2.50. The summed E-state index contributed by atoms with van der Waals surface area (Å²) in [6.07, 6.45) is 0. The molecule has 2 aromatic rings. The zero-order valence-corrected chi connectivity index (χ0v) is 10.8. The third-order valence-electron chi connectivity index (χ3n) is 2.58. The summed E-state index contributed by atoms with van der Waals surface area (Å²) in [5, 5.41) is 10.2. The number of rotatable bonds is 3. The van der Waals surface area contributed by atoms with Crippen LogP contribution >= 0.6 is 11.3 Å². The van der Waals surface area contributed by atoms with Crippen molar-refractivity contribution in [2.45, 2.75) is 13.0 Å². The molecule has 5 heteroatoms. The lowest BCUT2D eigenvalue weighted by atomic mass is 10.1. The van der Waals surface area contributed by atoms with Crippen LogP contribution in [0.3, 0.4) is 0 Å². The highest BCUT2D eigenvalue weighted by molar-refractivity contribution is 7.18. The molecule has 0 fully saturated rings. The van der Waals surface area contributed by atoms with Crippen molar-refractivity contribution in [3.05, 3.63) is 28.8 Å². The van der Waals surface area contributed by atoms with Crippen molar-refractivity contribution in [2.75, 3.05) is 14.1 Å². The van der Waals surface area contributed by atoms with Crippen LogP contribution in [0.25, 0.3) is 10.2 Å². The predicted molar refractivity (Wildman–Crippen MR) is 68.4 cm³/mol. The van der Waals surface area contributed by atoms with Crippen molar-refractivity contribution in [1.82, 2.24) is 9.88 Å². The first kappa shape index (κ1) is 12.0. The quantitative estimate of drug-likeness (QED) is 0.908. The number of benzene rings is 1. The number of carboxylic acid groups (broad SMARTS) is 1. The van der Waals surface area contributed by atoms with Crippen molar-refractivity contribution in [2.24, 2.45) is 0 Å². The van der Waals surface area contributed by atoms with Crippen molar-refractivity contribution < 1.29 is 9.90 Å². The van der Waals surface area contributed by atoms with Crippen LogP contribution in [0.4, 0.5) is 0 Å². The van der Waals surface area contributed by atoms with Gasteiger partial charge in [-0.25, -0.2) is 4.98 Å². The van der Waals surface area contributed by atoms with Gasteiger partial charge in [0, 0.05) is 0 Å². The second-order valence-electron chi connectivity index (χ2n) is 4.16. The van der Waals surface area contributed by atoms with Gasteiger partial charge in [0.05, 0.1) is 15.2 Å². The summed E-state index contributed by atoms with van der Waals surface area (Å²) in [6.45, 7) is 1.95. The predicted octanol–water partition coefficient (Wildman–Crippen LogP) is 2.29. The summed E-state index contributed by atoms with van der Waals surface area (Å²) in [6, 6.07) is 5.03. The molecule has 17 heavy (non-hydrogen) atoms. The standard InChI is InChI=1S/C12H14N2O2S/c1-7-13-9-6-8(4-5-10(9)17-7)11(12(15)16)14(2)3/h4-6,11H,1-3H3,(H,15,16)/t11-/m0/s1. The third-order valence-corrected chi connectivity index (χ3v) is 3.54. The van der Waals surface area contributed by atoms with Gasteiger partial charge in [0.25, 0.3) is 0 Å². The lowest BCUT2D eigenvalue weighted by Gasteiger charge is -2.20. The maximum atomic E-state index is 11.2. The molecular weight excluding hydrogens is 236 g/mol. The number of fused-ring (bicyclic) bond motifs is 1. The van der Waals surface area contributed by atoms with E-state index in [4.69, 9.17) is 0 Å². The van der Waals surface area contributed by atoms with E-state index in [2.05, 4.69) is 4.98 Å². The molecule has 1 aromatic carbocycles. The number of nitrogens with zero attached hydrogens (tertiary/aromatic N) is 2. The van der Waals surface area contributed by atoms with E-state index in [0.29, 0.717) is 0 Å². The topological polar surface area (TPSA) is 53.4 Å². The van der Waals surface area contributed by atoms with Gasteiger partial charge in [-0.2, -0.15) is 0 Å². The smallest absolute Gasteiger partial charge is 0.325 e. The van der Waals surface area contributed by atoms with Crippen molar-refractivity contribution in [1.29, 1.82) is 0 Å². The van der Waals surface area contributed by atoms with Crippen LogP contribution < -0.4 is 0 Å². The van der Waals surface area contributed by atoms with Gasteiger partial charge in [0.15, 0.2) is 0 Å². The van der Waals surface area contributed by atoms with Gasteiger partial charge in [-0.05, 0) is 38.7 Å². The number of hydrogen-bond donors (Lipinski definition) is 1. The van der Waals surface area contributed by atoms with E-state index in [1.54, 1.807) is 30.3 Å². The first-order valence-corrected chi connectivity index (χ1v) is 6.07. The summed E-state index contributed by atoms with van der Waals surface area (Å²) < 4.78 is 1.09. The SMILES string of the molecule is Cc1nc2cc([C@@H](C(=O)O)N(C)C)ccc2s1. The summed E-state index contributed by atoms with van der Waals surface area (Å²) in [5.74, 6) is -0.846. The number of aromatic nitrogens is 1. The summed E-state index contributed by atoms with van der Waals surface area (Å²) >= 11 is 1.62. The molecule has 0 unspecified atom stereocenters. The van der Waals surface area contributed by atoms with Crippen molar-refractivity contribution in [3.8, 4) is 0 Å². The molecule has 0 spiro atoms. The molecule has 1 N–H and O–H groups in total. The van der Waals surface area contributed by atoms with E-state index in [1.165, 1.54) is 0 Å². The molecule has 0 aliphatic rings. The average Bonchev–Trinajstić information content (AvgIpc) is 2.56. The molecule has 0 bridgehead atoms. The maximum absolute atomic E-state index is 11.2. The molecule has 0 aliphatic carbocycles. The van der Waals surface area contributed by atoms with E-state index >= 15 is 0 Å². The van der Waals surface area contributed by atoms with Crippen LogP contribution in [0.5, 0.6) is 0 Å². The zero-order valence-electron chi connectivity index (χ0n) is 9.97. The zero-order chi connectivity index (χ0) is 12.6. The highest BCUT2D eigenvalue weighted by atomic mass is 32.1. The van der Waals surface area contributed by atoms with Crippen LogP contribution in [0, 0.1) is 6.92 Å². The van der Waals surface area contributed by atoms with Crippen LogP contribution in [0.15, 0.2) is 18.2 Å². The van der Waals surface area contributed by atoms with E-state index in [0.717, 1.165) is 20.8 Å². The van der Waals surface area contributed by atoms with Gasteiger partial charge in [0.1, 0.15) is 6.04 Å². The Kier molecular flexibility index (Phi) is 3.13. The Labute approximate surface area is 104 Å². The Morgan fingerprint density at radius 2 is 2.18 bits per heavy atom. The van der Waals surface area contributed by atoms with E-state index < -0.39 is 12.0 Å². The second kappa shape index (κ2) is 4.43. The normalized spacial score (nSPS) is 13.2. The van der Waals surface area contributed by atoms with Crippen LogP contribution in [-0.4, -0.2) is 35.1 Å². The van der Waals surface area contributed by atoms with Gasteiger partial charge in [-0.1, -0.05) is 6.07 Å². The maximum Gasteiger partial charge on any atom is 0.325 e. The fourth-order valence-electron chi connectivity index (χ4n) is 1.89. The van der Waals surface area contributed by atoms with Gasteiger partial charge >= 0.3 is 5.97 Å². The Hall–Kier alpha value is -1.46. The first-order chi connectivity index (χ1) is 7.99. The van der Waals surface area contributed by atoms with Gasteiger partial charge in [0.2, 0.25) is 0 Å². The van der Waals surface area contributed by atoms with Crippen LogP contribution in [-0.2, 0) is 4.79 Å². The van der Waals surface area contributed by atoms with Gasteiger partial charge < -0.3 is 5.11 Å². The molecule has 0 saturated heterocycles. The van der Waals surface area contributed by atoms with E-state index in [9.17, 15) is 9.90 Å². The number of thiazole rings is 1. The number of likely N-dealkylation sites (N-methyl/N-ethyl adjacent to an activating group) is 1. The van der Waals surface area contributed by atoms with Crippen LogP contribution in [0.1, 0.15) is 16.6 Å². The Morgan fingerprint density at radius 1 is 1.47 bits per heavy atom. The van der Waals surface area contributed by atoms with E-state index in [1.807, 2.05) is 25.1 Å². The minimum atomic E-state index is -0.846. The summed E-state index contributed by atoms with van der Waals surface area (Å²) in [7, 11) is 3.52. The second-order valence-corrected chi connectivity index (χ2v) is 5.40. The number of aryl methyl sites for hydroxylation is 1. The average molecular weight is 250 g/mol. The number of carbonyl (C=O) groups is 1. The highest BCUT2D eigenvalue weighted by Crippen LogP contribution is 2.26. The summed E-state index contributed by atoms with van der Waals surface area (Å²) in [5.41, 5.74) is 1.64. The first-order valence-electron chi connectivity index (χ1n) is 5.25. The van der Waals surface area contributed by atoms with Crippen molar-refractivity contribution >= 4 is 27.5 Å². The molecule has 0 radical (unpaired) electrons. The molecule has 0 saturated carbocycles. The fourth-order valence-corrected chi connectivity index (χ4v) is 2.70. The van der Waals surface area contributed by atoms with E-state index in [-0.39, 0.29) is 0 Å². The Morgan fingerprint density at radius 3 is 2.76 bits per heavy atom. The largest absolute Gasteiger partial charge is 0.480 e. The van der Waals surface area contributed by atoms with Gasteiger partial charge in [-0.3, -0.25) is 9.69 Å². The molecule has 2 rings (SSSR count).